The first-order chi connectivity index (χ1) is 19.5. The highest BCUT2D eigenvalue weighted by molar-refractivity contribution is 5.92. The molecule has 9 heteroatoms. The lowest BCUT2D eigenvalue weighted by molar-refractivity contribution is -0.137. The summed E-state index contributed by atoms with van der Waals surface area (Å²) < 4.78 is 39.3. The van der Waals surface area contributed by atoms with E-state index in [1.165, 1.54) is 17.0 Å². The van der Waals surface area contributed by atoms with Gasteiger partial charge in [0.05, 0.1) is 5.56 Å². The molecule has 6 nitrogen and oxygen atoms in total. The van der Waals surface area contributed by atoms with Gasteiger partial charge in [0.1, 0.15) is 6.54 Å². The number of carbonyl (C=O) groups excluding carboxylic acids is 2. The summed E-state index contributed by atoms with van der Waals surface area (Å²) in [4.78, 5) is 33.2. The molecular formula is C32H35F3N4O2. The number of benzene rings is 3. The van der Waals surface area contributed by atoms with Crippen LogP contribution in [0.25, 0.3) is 10.9 Å². The summed E-state index contributed by atoms with van der Waals surface area (Å²) in [5, 5.41) is 3.92. The van der Waals surface area contributed by atoms with Crippen LogP contribution in [0.5, 0.6) is 0 Å². The van der Waals surface area contributed by atoms with E-state index < -0.39 is 11.7 Å². The lowest BCUT2D eigenvalue weighted by atomic mass is 10.1. The average molecular weight is 565 g/mol. The Morgan fingerprint density at radius 3 is 2.27 bits per heavy atom. The summed E-state index contributed by atoms with van der Waals surface area (Å²) in [6.07, 6.45) is -1.99. The molecule has 0 aliphatic rings. The maximum absolute atomic E-state index is 13.7. The van der Waals surface area contributed by atoms with E-state index in [0.29, 0.717) is 30.8 Å². The molecule has 0 aliphatic carbocycles. The molecule has 216 valence electrons. The number of amides is 3. The number of H-pyrrole nitrogens is 1. The summed E-state index contributed by atoms with van der Waals surface area (Å²) in [6, 6.07) is 19.7. The van der Waals surface area contributed by atoms with Gasteiger partial charge in [-0.2, -0.15) is 13.2 Å². The molecule has 0 aliphatic heterocycles. The van der Waals surface area contributed by atoms with E-state index >= 15 is 0 Å². The molecule has 0 atom stereocenters. The van der Waals surface area contributed by atoms with Crippen LogP contribution in [0, 0.1) is 12.8 Å². The van der Waals surface area contributed by atoms with Crippen LogP contribution >= 0.6 is 0 Å². The zero-order chi connectivity index (χ0) is 29.6. The van der Waals surface area contributed by atoms with Crippen molar-refractivity contribution in [3.63, 3.8) is 0 Å². The van der Waals surface area contributed by atoms with Crippen LogP contribution in [-0.2, 0) is 23.9 Å². The van der Waals surface area contributed by atoms with Crippen molar-refractivity contribution in [2.24, 2.45) is 5.92 Å². The topological polar surface area (TPSA) is 68.4 Å². The summed E-state index contributed by atoms with van der Waals surface area (Å²) in [6.45, 7) is 6.54. The standard InChI is InChI=1S/C32H35F3N4O2/c1-22(2)19-39(31(41)37-27-14-8-23(3)9-15-27)21-30(40)38(20-24-10-12-26(13-11-24)32(33,34)35)17-16-25-18-36-29-7-5-4-6-28(25)29/h4-15,18,22,36H,16-17,19-21H2,1-3H3,(H,37,41). The van der Waals surface area contributed by atoms with Crippen molar-refractivity contribution in [2.45, 2.75) is 39.9 Å². The SMILES string of the molecule is Cc1ccc(NC(=O)N(CC(=O)N(CCc2c[nH]c3ccccc23)Cc2ccc(C(F)(F)F)cc2)CC(C)C)cc1. The molecule has 3 amide bonds. The second-order valence-corrected chi connectivity index (χ2v) is 10.7. The highest BCUT2D eigenvalue weighted by atomic mass is 19.4. The first-order valence-electron chi connectivity index (χ1n) is 13.6. The van der Waals surface area contributed by atoms with E-state index in [4.69, 9.17) is 0 Å². The van der Waals surface area contributed by atoms with Gasteiger partial charge in [0, 0.05) is 42.4 Å². The number of para-hydroxylation sites is 1. The highest BCUT2D eigenvalue weighted by Gasteiger charge is 2.30. The van der Waals surface area contributed by atoms with Crippen LogP contribution in [0.3, 0.4) is 0 Å². The minimum Gasteiger partial charge on any atom is -0.361 e. The molecule has 1 heterocycles. The number of nitrogens with zero attached hydrogens (tertiary/aromatic N) is 2. The van der Waals surface area contributed by atoms with Gasteiger partial charge < -0.3 is 20.1 Å². The summed E-state index contributed by atoms with van der Waals surface area (Å²) in [5.41, 5.74) is 3.54. The molecule has 41 heavy (non-hydrogen) atoms. The number of carbonyl (C=O) groups is 2. The van der Waals surface area contributed by atoms with Crippen molar-refractivity contribution in [3.8, 4) is 0 Å². The van der Waals surface area contributed by atoms with Crippen LogP contribution in [-0.4, -0.2) is 46.4 Å². The smallest absolute Gasteiger partial charge is 0.361 e. The van der Waals surface area contributed by atoms with Crippen molar-refractivity contribution in [1.82, 2.24) is 14.8 Å². The molecule has 4 aromatic rings. The molecular weight excluding hydrogens is 529 g/mol. The van der Waals surface area contributed by atoms with Crippen molar-refractivity contribution >= 4 is 28.5 Å². The predicted molar refractivity (Wildman–Crippen MR) is 155 cm³/mol. The summed E-state index contributed by atoms with van der Waals surface area (Å²) in [5.74, 6) is -0.175. The Kier molecular flexibility index (Phi) is 9.37. The number of alkyl halides is 3. The Bertz CT molecular complexity index is 1460. The van der Waals surface area contributed by atoms with Gasteiger partial charge in [0.2, 0.25) is 5.91 Å². The van der Waals surface area contributed by atoms with E-state index in [2.05, 4.69) is 10.3 Å². The number of hydrogen-bond acceptors (Lipinski definition) is 2. The fourth-order valence-electron chi connectivity index (χ4n) is 4.67. The summed E-state index contributed by atoms with van der Waals surface area (Å²) in [7, 11) is 0. The maximum atomic E-state index is 13.7. The second kappa shape index (κ2) is 12.9. The van der Waals surface area contributed by atoms with E-state index in [1.807, 2.05) is 63.4 Å². The Balaban J connectivity index is 1.53. The molecule has 2 N–H and O–H groups in total. The predicted octanol–water partition coefficient (Wildman–Crippen LogP) is 7.26. The molecule has 0 spiro atoms. The van der Waals surface area contributed by atoms with Gasteiger partial charge in [-0.15, -0.1) is 0 Å². The molecule has 0 unspecified atom stereocenters. The van der Waals surface area contributed by atoms with Crippen LogP contribution in [0.15, 0.2) is 79.0 Å². The zero-order valence-corrected chi connectivity index (χ0v) is 23.5. The molecule has 0 fully saturated rings. The number of hydrogen-bond donors (Lipinski definition) is 2. The fraction of sp³-hybridized carbons (Fsp3) is 0.312. The minimum atomic E-state index is -4.44. The third-order valence-electron chi connectivity index (χ3n) is 6.84. The zero-order valence-electron chi connectivity index (χ0n) is 23.5. The van der Waals surface area contributed by atoms with Gasteiger partial charge in [-0.3, -0.25) is 4.79 Å². The van der Waals surface area contributed by atoms with Gasteiger partial charge >= 0.3 is 12.2 Å². The molecule has 0 radical (unpaired) electrons. The first kappa shape index (κ1) is 29.7. The van der Waals surface area contributed by atoms with E-state index in [-0.39, 0.29) is 30.9 Å². The van der Waals surface area contributed by atoms with Crippen LogP contribution in [0.2, 0.25) is 0 Å². The average Bonchev–Trinajstić information content (AvgIpc) is 3.34. The minimum absolute atomic E-state index is 0.112. The van der Waals surface area contributed by atoms with Crippen molar-refractivity contribution in [3.05, 3.63) is 101 Å². The second-order valence-electron chi connectivity index (χ2n) is 10.7. The number of urea groups is 1. The highest BCUT2D eigenvalue weighted by Crippen LogP contribution is 2.29. The quantitative estimate of drug-likeness (QED) is 0.213. The fourth-order valence-corrected chi connectivity index (χ4v) is 4.67. The van der Waals surface area contributed by atoms with Gasteiger partial charge in [-0.05, 0) is 60.7 Å². The van der Waals surface area contributed by atoms with Crippen molar-refractivity contribution in [1.29, 1.82) is 0 Å². The Hall–Kier alpha value is -4.27. The van der Waals surface area contributed by atoms with Crippen molar-refractivity contribution < 1.29 is 22.8 Å². The summed E-state index contributed by atoms with van der Waals surface area (Å²) >= 11 is 0. The monoisotopic (exact) mass is 564 g/mol. The number of rotatable bonds is 10. The number of aromatic nitrogens is 1. The van der Waals surface area contributed by atoms with Crippen LogP contribution in [0.1, 0.15) is 36.1 Å². The third kappa shape index (κ3) is 8.13. The number of halogens is 3. The number of fused-ring (bicyclic) bond motifs is 1. The van der Waals surface area contributed by atoms with Gasteiger partial charge in [-0.1, -0.05) is 61.9 Å². The molecule has 4 rings (SSSR count). The van der Waals surface area contributed by atoms with Gasteiger partial charge in [0.25, 0.3) is 0 Å². The van der Waals surface area contributed by atoms with Gasteiger partial charge in [-0.25, -0.2) is 4.79 Å². The first-order valence-corrected chi connectivity index (χ1v) is 13.6. The van der Waals surface area contributed by atoms with E-state index in [9.17, 15) is 22.8 Å². The maximum Gasteiger partial charge on any atom is 0.416 e. The third-order valence-corrected chi connectivity index (χ3v) is 6.84. The van der Waals surface area contributed by atoms with E-state index in [1.54, 1.807) is 17.0 Å². The molecule has 1 aromatic heterocycles. The lowest BCUT2D eigenvalue weighted by Crippen LogP contribution is -2.46. The Morgan fingerprint density at radius 2 is 1.61 bits per heavy atom. The number of aromatic amines is 1. The van der Waals surface area contributed by atoms with E-state index in [0.717, 1.165) is 34.2 Å². The Labute approximate surface area is 238 Å². The molecule has 0 saturated carbocycles. The largest absolute Gasteiger partial charge is 0.416 e. The molecule has 0 bridgehead atoms. The van der Waals surface area contributed by atoms with Crippen molar-refractivity contribution in [2.75, 3.05) is 25.0 Å². The van der Waals surface area contributed by atoms with Crippen LogP contribution < -0.4 is 5.32 Å². The number of aryl methyl sites for hydroxylation is 1. The van der Waals surface area contributed by atoms with Gasteiger partial charge in [0.15, 0.2) is 0 Å². The molecule has 3 aromatic carbocycles. The van der Waals surface area contributed by atoms with Crippen LogP contribution in [0.4, 0.5) is 23.7 Å². The number of nitrogens with one attached hydrogen (secondary N) is 2. The normalized spacial score (nSPS) is 11.6. The lowest BCUT2D eigenvalue weighted by Gasteiger charge is -2.29. The Morgan fingerprint density at radius 1 is 0.927 bits per heavy atom. The number of anilines is 1. The molecule has 0 saturated heterocycles.